The Labute approximate surface area is 113 Å². The van der Waals surface area contributed by atoms with Crippen LogP contribution in [0.15, 0.2) is 0 Å². The van der Waals surface area contributed by atoms with E-state index in [0.717, 1.165) is 17.0 Å². The van der Waals surface area contributed by atoms with Crippen LogP contribution in [0.3, 0.4) is 0 Å². The first-order valence-corrected chi connectivity index (χ1v) is 6.22. The molecule has 1 atom stereocenters. The Bertz CT molecular complexity index is 494. The zero-order valence-electron chi connectivity index (χ0n) is 12.1. The molecule has 6 heteroatoms. The molecule has 0 fully saturated rings. The summed E-state index contributed by atoms with van der Waals surface area (Å²) in [5.74, 6) is -1.30. The number of aliphatic carboxylic acids is 1. The zero-order valence-corrected chi connectivity index (χ0v) is 12.1. The molecule has 0 aliphatic heterocycles. The zero-order chi connectivity index (χ0) is 14.7. The van der Waals surface area contributed by atoms with Gasteiger partial charge < -0.3 is 10.0 Å². The fraction of sp³-hybridized carbons (Fsp3) is 0.615. The van der Waals surface area contributed by atoms with Gasteiger partial charge >= 0.3 is 5.97 Å². The predicted octanol–water partition coefficient (Wildman–Crippen LogP) is 1.07. The van der Waals surface area contributed by atoms with Gasteiger partial charge in [0.15, 0.2) is 0 Å². The summed E-state index contributed by atoms with van der Waals surface area (Å²) in [7, 11) is 3.47. The molecule has 19 heavy (non-hydrogen) atoms. The minimum absolute atomic E-state index is 0.0417. The van der Waals surface area contributed by atoms with Crippen molar-refractivity contribution in [3.8, 4) is 0 Å². The Kier molecular flexibility index (Phi) is 4.69. The highest BCUT2D eigenvalue weighted by Gasteiger charge is 2.25. The van der Waals surface area contributed by atoms with E-state index >= 15 is 0 Å². The Morgan fingerprint density at radius 2 is 2.00 bits per heavy atom. The van der Waals surface area contributed by atoms with Gasteiger partial charge in [0.1, 0.15) is 0 Å². The molecule has 0 aliphatic rings. The van der Waals surface area contributed by atoms with Crippen LogP contribution < -0.4 is 0 Å². The topological polar surface area (TPSA) is 75.4 Å². The Morgan fingerprint density at radius 1 is 1.42 bits per heavy atom. The van der Waals surface area contributed by atoms with E-state index in [9.17, 15) is 9.59 Å². The lowest BCUT2D eigenvalue weighted by Crippen LogP contribution is -2.32. The van der Waals surface area contributed by atoms with Crippen LogP contribution in [0.5, 0.6) is 0 Å². The first-order chi connectivity index (χ1) is 8.75. The maximum absolute atomic E-state index is 12.3. The van der Waals surface area contributed by atoms with E-state index in [0.29, 0.717) is 0 Å². The van der Waals surface area contributed by atoms with Crippen LogP contribution in [0.1, 0.15) is 36.2 Å². The van der Waals surface area contributed by atoms with E-state index in [-0.39, 0.29) is 24.8 Å². The molecular formula is C13H21N3O3. The van der Waals surface area contributed by atoms with E-state index in [1.165, 1.54) is 4.90 Å². The second kappa shape index (κ2) is 5.86. The molecule has 1 rings (SSSR count). The lowest BCUT2D eigenvalue weighted by molar-refractivity contribution is -0.138. The Hall–Kier alpha value is -1.85. The fourth-order valence-electron chi connectivity index (χ4n) is 2.24. The number of carbonyl (C=O) groups excluding carboxylic acids is 1. The number of carbonyl (C=O) groups is 2. The number of likely N-dealkylation sites (N-methyl/N-ethyl adjacent to an activating group) is 1. The molecule has 0 bridgehead atoms. The van der Waals surface area contributed by atoms with Crippen molar-refractivity contribution in [2.75, 3.05) is 13.6 Å². The quantitative estimate of drug-likeness (QED) is 0.866. The standard InChI is InChI=1S/C13H21N3O3/c1-8(12-9(2)14-16(5)10(12)3)13(19)15(4)7-6-11(17)18/h8H,6-7H2,1-5H3,(H,17,18). The van der Waals surface area contributed by atoms with Gasteiger partial charge in [-0.05, 0) is 20.8 Å². The molecular weight excluding hydrogens is 246 g/mol. The van der Waals surface area contributed by atoms with Gasteiger partial charge in [0, 0.05) is 31.9 Å². The van der Waals surface area contributed by atoms with Crippen molar-refractivity contribution in [2.45, 2.75) is 33.1 Å². The smallest absolute Gasteiger partial charge is 0.305 e. The van der Waals surface area contributed by atoms with Crippen molar-refractivity contribution in [2.24, 2.45) is 7.05 Å². The number of nitrogens with zero attached hydrogens (tertiary/aromatic N) is 3. The molecule has 0 saturated heterocycles. The van der Waals surface area contributed by atoms with Gasteiger partial charge in [-0.15, -0.1) is 0 Å². The van der Waals surface area contributed by atoms with Gasteiger partial charge in [-0.3, -0.25) is 14.3 Å². The average molecular weight is 267 g/mol. The minimum atomic E-state index is -0.902. The highest BCUT2D eigenvalue weighted by molar-refractivity contribution is 5.84. The van der Waals surface area contributed by atoms with Crippen molar-refractivity contribution in [1.29, 1.82) is 0 Å². The summed E-state index contributed by atoms with van der Waals surface area (Å²) >= 11 is 0. The third-order valence-electron chi connectivity index (χ3n) is 3.41. The van der Waals surface area contributed by atoms with Gasteiger partial charge in [-0.25, -0.2) is 0 Å². The van der Waals surface area contributed by atoms with Crippen molar-refractivity contribution in [3.05, 3.63) is 17.0 Å². The second-order valence-electron chi connectivity index (χ2n) is 4.83. The molecule has 1 unspecified atom stereocenters. The monoisotopic (exact) mass is 267 g/mol. The molecule has 1 amide bonds. The number of hydrogen-bond acceptors (Lipinski definition) is 3. The normalized spacial score (nSPS) is 12.3. The number of rotatable bonds is 5. The van der Waals surface area contributed by atoms with E-state index in [4.69, 9.17) is 5.11 Å². The van der Waals surface area contributed by atoms with Gasteiger partial charge in [0.2, 0.25) is 5.91 Å². The average Bonchev–Trinajstić information content (AvgIpc) is 2.58. The summed E-state index contributed by atoms with van der Waals surface area (Å²) in [6.45, 7) is 5.85. The molecule has 106 valence electrons. The maximum atomic E-state index is 12.3. The molecule has 0 aliphatic carbocycles. The number of carboxylic acids is 1. The van der Waals surface area contributed by atoms with Crippen LogP contribution in [0.25, 0.3) is 0 Å². The van der Waals surface area contributed by atoms with Crippen LogP contribution in [-0.4, -0.2) is 45.3 Å². The van der Waals surface area contributed by atoms with Gasteiger partial charge in [-0.1, -0.05) is 0 Å². The number of aryl methyl sites for hydroxylation is 2. The summed E-state index contributed by atoms with van der Waals surface area (Å²) in [4.78, 5) is 24.3. The fourth-order valence-corrected chi connectivity index (χ4v) is 2.24. The molecule has 1 heterocycles. The molecule has 0 aromatic carbocycles. The van der Waals surface area contributed by atoms with Gasteiger partial charge in [0.05, 0.1) is 18.0 Å². The third-order valence-corrected chi connectivity index (χ3v) is 3.41. The summed E-state index contributed by atoms with van der Waals surface area (Å²) in [5.41, 5.74) is 2.73. The van der Waals surface area contributed by atoms with Crippen molar-refractivity contribution >= 4 is 11.9 Å². The highest BCUT2D eigenvalue weighted by atomic mass is 16.4. The summed E-state index contributed by atoms with van der Waals surface area (Å²) < 4.78 is 1.76. The molecule has 1 aromatic rings. The molecule has 1 N–H and O–H groups in total. The Morgan fingerprint density at radius 3 is 2.42 bits per heavy atom. The minimum Gasteiger partial charge on any atom is -0.481 e. The summed E-state index contributed by atoms with van der Waals surface area (Å²) in [6.07, 6.45) is -0.0417. The van der Waals surface area contributed by atoms with Crippen LogP contribution >= 0.6 is 0 Å². The highest BCUT2D eigenvalue weighted by Crippen LogP contribution is 2.24. The van der Waals surface area contributed by atoms with Gasteiger partial charge in [0.25, 0.3) is 0 Å². The van der Waals surface area contributed by atoms with Crippen LogP contribution in [-0.2, 0) is 16.6 Å². The SMILES string of the molecule is Cc1nn(C)c(C)c1C(C)C(=O)N(C)CCC(=O)O. The van der Waals surface area contributed by atoms with Crippen molar-refractivity contribution in [3.63, 3.8) is 0 Å². The third kappa shape index (κ3) is 3.33. The van der Waals surface area contributed by atoms with E-state index in [1.807, 2.05) is 27.8 Å². The number of aromatic nitrogens is 2. The molecule has 6 nitrogen and oxygen atoms in total. The first kappa shape index (κ1) is 15.2. The number of carboxylic acid groups (broad SMARTS) is 1. The van der Waals surface area contributed by atoms with E-state index in [1.54, 1.807) is 11.7 Å². The molecule has 0 spiro atoms. The van der Waals surface area contributed by atoms with E-state index in [2.05, 4.69) is 5.10 Å². The first-order valence-electron chi connectivity index (χ1n) is 6.22. The van der Waals surface area contributed by atoms with Crippen LogP contribution in [0.4, 0.5) is 0 Å². The Balaban J connectivity index is 2.84. The summed E-state index contributed by atoms with van der Waals surface area (Å²) in [6, 6.07) is 0. The van der Waals surface area contributed by atoms with Gasteiger partial charge in [-0.2, -0.15) is 5.10 Å². The molecule has 0 radical (unpaired) electrons. The lowest BCUT2D eigenvalue weighted by atomic mass is 9.97. The lowest BCUT2D eigenvalue weighted by Gasteiger charge is -2.21. The maximum Gasteiger partial charge on any atom is 0.305 e. The second-order valence-corrected chi connectivity index (χ2v) is 4.83. The van der Waals surface area contributed by atoms with Crippen LogP contribution in [0.2, 0.25) is 0 Å². The van der Waals surface area contributed by atoms with E-state index < -0.39 is 5.97 Å². The number of amides is 1. The van der Waals surface area contributed by atoms with Crippen molar-refractivity contribution in [1.82, 2.24) is 14.7 Å². The largest absolute Gasteiger partial charge is 0.481 e. The molecule has 1 aromatic heterocycles. The summed E-state index contributed by atoms with van der Waals surface area (Å²) in [5, 5.41) is 12.9. The predicted molar refractivity (Wildman–Crippen MR) is 71.0 cm³/mol. The number of hydrogen-bond donors (Lipinski definition) is 1. The molecule has 0 saturated carbocycles. The van der Waals surface area contributed by atoms with Crippen molar-refractivity contribution < 1.29 is 14.7 Å². The van der Waals surface area contributed by atoms with Crippen LogP contribution in [0, 0.1) is 13.8 Å².